The van der Waals surface area contributed by atoms with Gasteiger partial charge in [-0.25, -0.2) is 4.99 Å². The lowest BCUT2D eigenvalue weighted by atomic mass is 10.1. The maximum absolute atomic E-state index is 5.83. The SMILES string of the molecule is CCCCCCCCCCOc1ccc(/C=N/c2cc(C)nn2C)cc1. The molecular formula is C22H33N3O. The van der Waals surface area contributed by atoms with Crippen molar-refractivity contribution in [2.75, 3.05) is 6.61 Å². The third kappa shape index (κ3) is 7.42. The van der Waals surface area contributed by atoms with Gasteiger partial charge in [0, 0.05) is 19.3 Å². The van der Waals surface area contributed by atoms with E-state index in [-0.39, 0.29) is 0 Å². The molecule has 4 nitrogen and oxygen atoms in total. The van der Waals surface area contributed by atoms with Crippen LogP contribution in [0.15, 0.2) is 35.3 Å². The van der Waals surface area contributed by atoms with Crippen LogP contribution in [0, 0.1) is 6.92 Å². The highest BCUT2D eigenvalue weighted by atomic mass is 16.5. The molecule has 0 saturated heterocycles. The minimum atomic E-state index is 0.802. The van der Waals surface area contributed by atoms with Crippen LogP contribution < -0.4 is 4.74 Å². The van der Waals surface area contributed by atoms with Gasteiger partial charge in [0.25, 0.3) is 0 Å². The largest absolute Gasteiger partial charge is 0.494 e. The first-order chi connectivity index (χ1) is 12.7. The number of hydrogen-bond donors (Lipinski definition) is 0. The van der Waals surface area contributed by atoms with Crippen LogP contribution in [0.1, 0.15) is 69.5 Å². The number of rotatable bonds is 12. The molecule has 0 amide bonds. The first-order valence-electron chi connectivity index (χ1n) is 9.96. The average molecular weight is 356 g/mol. The summed E-state index contributed by atoms with van der Waals surface area (Å²) in [7, 11) is 1.90. The smallest absolute Gasteiger partial charge is 0.150 e. The number of aryl methyl sites for hydroxylation is 2. The molecule has 1 aromatic heterocycles. The van der Waals surface area contributed by atoms with Crippen LogP contribution in [0.3, 0.4) is 0 Å². The number of aromatic nitrogens is 2. The molecule has 0 atom stereocenters. The van der Waals surface area contributed by atoms with Crippen molar-refractivity contribution in [2.24, 2.45) is 12.0 Å². The summed E-state index contributed by atoms with van der Waals surface area (Å²) < 4.78 is 7.62. The topological polar surface area (TPSA) is 39.4 Å². The monoisotopic (exact) mass is 355 g/mol. The third-order valence-electron chi connectivity index (χ3n) is 4.47. The van der Waals surface area contributed by atoms with Crippen molar-refractivity contribution in [3.63, 3.8) is 0 Å². The van der Waals surface area contributed by atoms with Crippen molar-refractivity contribution in [1.82, 2.24) is 9.78 Å². The van der Waals surface area contributed by atoms with E-state index >= 15 is 0 Å². The Labute approximate surface area is 158 Å². The first-order valence-corrected chi connectivity index (χ1v) is 9.96. The fourth-order valence-electron chi connectivity index (χ4n) is 2.93. The summed E-state index contributed by atoms with van der Waals surface area (Å²) in [5, 5.41) is 4.29. The highest BCUT2D eigenvalue weighted by Crippen LogP contribution is 2.15. The van der Waals surface area contributed by atoms with E-state index < -0.39 is 0 Å². The highest BCUT2D eigenvalue weighted by molar-refractivity contribution is 5.81. The summed E-state index contributed by atoms with van der Waals surface area (Å²) in [6.45, 7) is 5.03. The molecule has 1 aromatic carbocycles. The Hall–Kier alpha value is -2.10. The van der Waals surface area contributed by atoms with E-state index in [0.717, 1.165) is 35.9 Å². The fraction of sp³-hybridized carbons (Fsp3) is 0.545. The molecule has 0 spiro atoms. The second-order valence-electron chi connectivity index (χ2n) is 6.92. The minimum absolute atomic E-state index is 0.802. The fourth-order valence-corrected chi connectivity index (χ4v) is 2.93. The molecule has 0 aliphatic carbocycles. The maximum atomic E-state index is 5.83. The zero-order chi connectivity index (χ0) is 18.6. The van der Waals surface area contributed by atoms with Crippen LogP contribution in [0.4, 0.5) is 5.82 Å². The predicted molar refractivity (Wildman–Crippen MR) is 110 cm³/mol. The summed E-state index contributed by atoms with van der Waals surface area (Å²) in [6.07, 6.45) is 12.4. The lowest BCUT2D eigenvalue weighted by molar-refractivity contribution is 0.304. The van der Waals surface area contributed by atoms with Crippen LogP contribution in [0.25, 0.3) is 0 Å². The molecule has 4 heteroatoms. The summed E-state index contributed by atoms with van der Waals surface area (Å²) in [5.41, 5.74) is 2.03. The van der Waals surface area contributed by atoms with E-state index in [1.54, 1.807) is 4.68 Å². The van der Waals surface area contributed by atoms with Crippen molar-refractivity contribution in [2.45, 2.75) is 65.2 Å². The van der Waals surface area contributed by atoms with Gasteiger partial charge in [-0.1, -0.05) is 51.9 Å². The maximum Gasteiger partial charge on any atom is 0.150 e. The van der Waals surface area contributed by atoms with Gasteiger partial charge in [0.15, 0.2) is 0 Å². The van der Waals surface area contributed by atoms with Gasteiger partial charge in [0.05, 0.1) is 12.3 Å². The number of hydrogen-bond acceptors (Lipinski definition) is 3. The Morgan fingerprint density at radius 2 is 1.65 bits per heavy atom. The molecule has 0 aliphatic rings. The zero-order valence-corrected chi connectivity index (χ0v) is 16.6. The number of aliphatic imine (C=N–C) groups is 1. The Bertz CT molecular complexity index is 659. The molecule has 2 aromatic rings. The Morgan fingerprint density at radius 3 is 2.27 bits per heavy atom. The highest BCUT2D eigenvalue weighted by Gasteiger charge is 1.99. The van der Waals surface area contributed by atoms with E-state index in [9.17, 15) is 0 Å². The predicted octanol–water partition coefficient (Wildman–Crippen LogP) is 6.00. The minimum Gasteiger partial charge on any atom is -0.494 e. The molecule has 0 N–H and O–H groups in total. The van der Waals surface area contributed by atoms with E-state index in [2.05, 4.69) is 17.0 Å². The number of benzene rings is 1. The lowest BCUT2D eigenvalue weighted by Gasteiger charge is -2.06. The number of nitrogens with zero attached hydrogens (tertiary/aromatic N) is 3. The summed E-state index contributed by atoms with van der Waals surface area (Å²) in [6, 6.07) is 10.1. The van der Waals surface area contributed by atoms with Gasteiger partial charge in [-0.3, -0.25) is 4.68 Å². The van der Waals surface area contributed by atoms with Crippen molar-refractivity contribution in [1.29, 1.82) is 0 Å². The van der Waals surface area contributed by atoms with Crippen LogP contribution >= 0.6 is 0 Å². The molecular weight excluding hydrogens is 322 g/mol. The van der Waals surface area contributed by atoms with Crippen LogP contribution in [-0.2, 0) is 7.05 Å². The van der Waals surface area contributed by atoms with Crippen molar-refractivity contribution >= 4 is 12.0 Å². The van der Waals surface area contributed by atoms with E-state index in [1.165, 1.54) is 44.9 Å². The van der Waals surface area contributed by atoms with Gasteiger partial charge in [-0.05, 0) is 43.2 Å². The third-order valence-corrected chi connectivity index (χ3v) is 4.47. The van der Waals surface area contributed by atoms with E-state index in [0.29, 0.717) is 0 Å². The van der Waals surface area contributed by atoms with Crippen molar-refractivity contribution in [3.8, 4) is 5.75 Å². The van der Waals surface area contributed by atoms with Gasteiger partial charge < -0.3 is 4.74 Å². The second-order valence-corrected chi connectivity index (χ2v) is 6.92. The lowest BCUT2D eigenvalue weighted by Crippen LogP contribution is -1.97. The molecule has 26 heavy (non-hydrogen) atoms. The van der Waals surface area contributed by atoms with Gasteiger partial charge in [0.2, 0.25) is 0 Å². The average Bonchev–Trinajstić information content (AvgIpc) is 2.97. The molecule has 0 aliphatic heterocycles. The standard InChI is InChI=1S/C22H33N3O/c1-4-5-6-7-8-9-10-11-16-26-21-14-12-20(13-15-21)18-23-22-17-19(2)24-25(22)3/h12-15,17-18H,4-11,16H2,1-3H3/b23-18+. The summed E-state index contributed by atoms with van der Waals surface area (Å²) in [4.78, 5) is 4.48. The molecule has 0 saturated carbocycles. The molecule has 0 fully saturated rings. The molecule has 0 unspecified atom stereocenters. The Kier molecular flexibility index (Phi) is 8.94. The van der Waals surface area contributed by atoms with E-state index in [4.69, 9.17) is 4.74 Å². The van der Waals surface area contributed by atoms with E-state index in [1.807, 2.05) is 50.5 Å². The number of unbranched alkanes of at least 4 members (excludes halogenated alkanes) is 7. The molecule has 1 heterocycles. The molecule has 2 rings (SSSR count). The molecule has 0 bridgehead atoms. The zero-order valence-electron chi connectivity index (χ0n) is 16.6. The summed E-state index contributed by atoms with van der Waals surface area (Å²) in [5.74, 6) is 1.79. The summed E-state index contributed by atoms with van der Waals surface area (Å²) >= 11 is 0. The first kappa shape index (κ1) is 20.2. The normalized spacial score (nSPS) is 11.3. The molecule has 142 valence electrons. The second kappa shape index (κ2) is 11.5. The quantitative estimate of drug-likeness (QED) is 0.346. The van der Waals surface area contributed by atoms with Crippen molar-refractivity contribution in [3.05, 3.63) is 41.6 Å². The number of ether oxygens (including phenoxy) is 1. The van der Waals surface area contributed by atoms with Gasteiger partial charge in [0.1, 0.15) is 11.6 Å². The van der Waals surface area contributed by atoms with Gasteiger partial charge in [-0.15, -0.1) is 0 Å². The van der Waals surface area contributed by atoms with Crippen LogP contribution in [0.2, 0.25) is 0 Å². The molecule has 0 radical (unpaired) electrons. The Morgan fingerprint density at radius 1 is 1.00 bits per heavy atom. The van der Waals surface area contributed by atoms with Gasteiger partial charge >= 0.3 is 0 Å². The van der Waals surface area contributed by atoms with Crippen LogP contribution in [0.5, 0.6) is 5.75 Å². The van der Waals surface area contributed by atoms with Crippen molar-refractivity contribution < 1.29 is 4.74 Å². The Balaban J connectivity index is 1.64. The van der Waals surface area contributed by atoms with Gasteiger partial charge in [-0.2, -0.15) is 5.10 Å². The van der Waals surface area contributed by atoms with Crippen LogP contribution in [-0.4, -0.2) is 22.6 Å².